The average Bonchev–Trinajstić information content (AvgIpc) is 2.57. The van der Waals surface area contributed by atoms with Gasteiger partial charge in [-0.05, 0) is 49.8 Å². The number of thiocarbonyl (C=S) groups is 1. The maximum atomic E-state index is 11.7. The first-order chi connectivity index (χ1) is 12.3. The van der Waals surface area contributed by atoms with E-state index in [-0.39, 0.29) is 18.3 Å². The van der Waals surface area contributed by atoms with E-state index in [0.717, 1.165) is 17.7 Å². The number of aryl methyl sites for hydroxylation is 1. The zero-order chi connectivity index (χ0) is 19.5. The number of hydrogen-bond donors (Lipinski definition) is 3. The first kappa shape index (κ1) is 21.4. The zero-order valence-corrected chi connectivity index (χ0v) is 15.7. The summed E-state index contributed by atoms with van der Waals surface area (Å²) in [5.41, 5.74) is 5.38. The number of amides is 2. The third kappa shape index (κ3) is 8.45. The SMILES string of the molecule is CCOC(=O)/C=C/C(=O)NC(=S)NNC(=O)COc1ccc(Cl)cc1C. The van der Waals surface area contributed by atoms with Gasteiger partial charge in [0.05, 0.1) is 6.61 Å². The Morgan fingerprint density at radius 3 is 2.62 bits per heavy atom. The number of rotatable bonds is 6. The van der Waals surface area contributed by atoms with E-state index in [2.05, 4.69) is 20.9 Å². The molecule has 2 amide bonds. The van der Waals surface area contributed by atoms with Gasteiger partial charge in [0.1, 0.15) is 5.75 Å². The molecule has 0 saturated heterocycles. The maximum Gasteiger partial charge on any atom is 0.330 e. The highest BCUT2D eigenvalue weighted by Gasteiger charge is 2.07. The summed E-state index contributed by atoms with van der Waals surface area (Å²) in [7, 11) is 0. The first-order valence-corrected chi connectivity index (χ1v) is 8.24. The zero-order valence-electron chi connectivity index (χ0n) is 14.1. The quantitative estimate of drug-likeness (QED) is 0.285. The van der Waals surface area contributed by atoms with E-state index >= 15 is 0 Å². The molecule has 26 heavy (non-hydrogen) atoms. The normalized spacial score (nSPS) is 10.1. The van der Waals surface area contributed by atoms with Crippen molar-refractivity contribution in [2.75, 3.05) is 13.2 Å². The molecule has 0 aliphatic rings. The Labute approximate surface area is 160 Å². The minimum Gasteiger partial charge on any atom is -0.483 e. The molecule has 1 rings (SSSR count). The van der Waals surface area contributed by atoms with Gasteiger partial charge in [-0.25, -0.2) is 4.79 Å². The number of carbonyl (C=O) groups excluding carboxylic acids is 3. The van der Waals surface area contributed by atoms with Gasteiger partial charge in [0.25, 0.3) is 5.91 Å². The molecule has 0 saturated carbocycles. The highest BCUT2D eigenvalue weighted by atomic mass is 35.5. The van der Waals surface area contributed by atoms with Crippen LogP contribution in [-0.4, -0.2) is 36.1 Å². The Morgan fingerprint density at radius 1 is 1.23 bits per heavy atom. The predicted octanol–water partition coefficient (Wildman–Crippen LogP) is 1.17. The van der Waals surface area contributed by atoms with Crippen molar-refractivity contribution in [3.8, 4) is 5.75 Å². The van der Waals surface area contributed by atoms with Crippen LogP contribution >= 0.6 is 23.8 Å². The molecule has 1 aromatic carbocycles. The van der Waals surface area contributed by atoms with Crippen LogP contribution in [0.5, 0.6) is 5.75 Å². The van der Waals surface area contributed by atoms with Crippen LogP contribution in [0.4, 0.5) is 0 Å². The number of esters is 1. The molecule has 8 nitrogen and oxygen atoms in total. The van der Waals surface area contributed by atoms with Crippen molar-refractivity contribution < 1.29 is 23.9 Å². The highest BCUT2D eigenvalue weighted by molar-refractivity contribution is 7.80. The number of hydrazine groups is 1. The summed E-state index contributed by atoms with van der Waals surface area (Å²) >= 11 is 10.7. The van der Waals surface area contributed by atoms with Gasteiger partial charge in [0, 0.05) is 17.2 Å². The molecule has 3 N–H and O–H groups in total. The summed E-state index contributed by atoms with van der Waals surface area (Å²) in [6.45, 7) is 3.38. The van der Waals surface area contributed by atoms with Crippen LogP contribution in [0.2, 0.25) is 5.02 Å². The summed E-state index contributed by atoms with van der Waals surface area (Å²) in [6, 6.07) is 5.01. The number of ether oxygens (including phenoxy) is 2. The number of carbonyl (C=O) groups is 3. The largest absolute Gasteiger partial charge is 0.483 e. The van der Waals surface area contributed by atoms with Gasteiger partial charge in [-0.1, -0.05) is 11.6 Å². The van der Waals surface area contributed by atoms with Gasteiger partial charge >= 0.3 is 5.97 Å². The summed E-state index contributed by atoms with van der Waals surface area (Å²) in [4.78, 5) is 34.3. The second-order valence-electron chi connectivity index (χ2n) is 4.78. The molecule has 0 aliphatic carbocycles. The van der Waals surface area contributed by atoms with Crippen LogP contribution in [0.15, 0.2) is 30.4 Å². The van der Waals surface area contributed by atoms with Crippen molar-refractivity contribution in [2.24, 2.45) is 0 Å². The Balaban J connectivity index is 2.32. The van der Waals surface area contributed by atoms with Gasteiger partial charge in [0.2, 0.25) is 5.91 Å². The fourth-order valence-corrected chi connectivity index (χ4v) is 1.98. The lowest BCUT2D eigenvalue weighted by Crippen LogP contribution is -2.49. The van der Waals surface area contributed by atoms with Gasteiger partial charge in [-0.3, -0.25) is 25.8 Å². The molecule has 140 valence electrons. The third-order valence-electron chi connectivity index (χ3n) is 2.71. The molecule has 0 aromatic heterocycles. The Bertz CT molecular complexity index is 724. The van der Waals surface area contributed by atoms with Crippen LogP contribution in [0.3, 0.4) is 0 Å². The van der Waals surface area contributed by atoms with Crippen LogP contribution < -0.4 is 20.9 Å². The molecule has 0 heterocycles. The summed E-state index contributed by atoms with van der Waals surface area (Å²) < 4.78 is 9.97. The van der Waals surface area contributed by atoms with E-state index in [4.69, 9.17) is 28.6 Å². The van der Waals surface area contributed by atoms with E-state index < -0.39 is 17.8 Å². The van der Waals surface area contributed by atoms with Crippen molar-refractivity contribution in [1.82, 2.24) is 16.2 Å². The van der Waals surface area contributed by atoms with Crippen LogP contribution in [0.25, 0.3) is 0 Å². The third-order valence-corrected chi connectivity index (χ3v) is 3.14. The van der Waals surface area contributed by atoms with Crippen molar-refractivity contribution >= 4 is 46.7 Å². The van der Waals surface area contributed by atoms with E-state index in [9.17, 15) is 14.4 Å². The number of benzene rings is 1. The molecule has 0 fully saturated rings. The molecule has 0 atom stereocenters. The highest BCUT2D eigenvalue weighted by Crippen LogP contribution is 2.21. The summed E-state index contributed by atoms with van der Waals surface area (Å²) in [5.74, 6) is -1.30. The Hall–Kier alpha value is -2.65. The Kier molecular flexibility index (Phi) is 9.10. The topological polar surface area (TPSA) is 106 Å². The number of halogens is 1. The molecule has 0 radical (unpaired) electrons. The summed E-state index contributed by atoms with van der Waals surface area (Å²) in [5, 5.41) is 2.65. The van der Waals surface area contributed by atoms with Crippen LogP contribution in [0, 0.1) is 6.92 Å². The maximum absolute atomic E-state index is 11.7. The first-order valence-electron chi connectivity index (χ1n) is 7.45. The lowest BCUT2D eigenvalue weighted by molar-refractivity contribution is -0.137. The van der Waals surface area contributed by atoms with Crippen LogP contribution in [0.1, 0.15) is 12.5 Å². The average molecular weight is 400 g/mol. The second-order valence-corrected chi connectivity index (χ2v) is 5.62. The van der Waals surface area contributed by atoms with Gasteiger partial charge in [0.15, 0.2) is 11.7 Å². The monoisotopic (exact) mass is 399 g/mol. The summed E-state index contributed by atoms with van der Waals surface area (Å²) in [6.07, 6.45) is 1.92. The molecule has 0 bridgehead atoms. The van der Waals surface area contributed by atoms with E-state index in [1.54, 1.807) is 32.0 Å². The van der Waals surface area contributed by atoms with Crippen molar-refractivity contribution in [3.05, 3.63) is 40.9 Å². The standard InChI is InChI=1S/C16H18ClN3O5S/c1-3-24-15(23)7-6-13(21)18-16(26)20-19-14(22)9-25-12-5-4-11(17)8-10(12)2/h4-8H,3,9H2,1-2H3,(H,19,22)(H2,18,20,21,26)/b7-6+. The van der Waals surface area contributed by atoms with Crippen molar-refractivity contribution in [1.29, 1.82) is 0 Å². The lowest BCUT2D eigenvalue weighted by Gasteiger charge is -2.11. The molecule has 0 unspecified atom stereocenters. The molecular weight excluding hydrogens is 382 g/mol. The van der Waals surface area contributed by atoms with Gasteiger partial charge in [-0.2, -0.15) is 0 Å². The van der Waals surface area contributed by atoms with E-state index in [1.165, 1.54) is 0 Å². The second kappa shape index (κ2) is 11.1. The molecule has 0 spiro atoms. The minimum atomic E-state index is -0.655. The van der Waals surface area contributed by atoms with E-state index in [0.29, 0.717) is 10.8 Å². The predicted molar refractivity (Wildman–Crippen MR) is 99.5 cm³/mol. The molecule has 1 aromatic rings. The smallest absolute Gasteiger partial charge is 0.330 e. The molecule has 10 heteroatoms. The molecular formula is C16H18ClN3O5S. The van der Waals surface area contributed by atoms with Crippen LogP contribution in [-0.2, 0) is 19.1 Å². The number of nitrogens with one attached hydrogen (secondary N) is 3. The molecule has 0 aliphatic heterocycles. The lowest BCUT2D eigenvalue weighted by atomic mass is 10.2. The fraction of sp³-hybridized carbons (Fsp3) is 0.250. The fourth-order valence-electron chi connectivity index (χ4n) is 1.60. The van der Waals surface area contributed by atoms with E-state index in [1.807, 2.05) is 0 Å². The van der Waals surface area contributed by atoms with Crippen molar-refractivity contribution in [2.45, 2.75) is 13.8 Å². The van der Waals surface area contributed by atoms with Crippen molar-refractivity contribution in [3.63, 3.8) is 0 Å². The minimum absolute atomic E-state index is 0.153. The van der Waals surface area contributed by atoms with Gasteiger partial charge < -0.3 is 9.47 Å². The number of hydrogen-bond acceptors (Lipinski definition) is 6. The van der Waals surface area contributed by atoms with Gasteiger partial charge in [-0.15, -0.1) is 0 Å². The Morgan fingerprint density at radius 2 is 1.96 bits per heavy atom.